The number of benzene rings is 2. The van der Waals surface area contributed by atoms with Gasteiger partial charge in [0, 0.05) is 24.4 Å². The van der Waals surface area contributed by atoms with Crippen LogP contribution in [0.5, 0.6) is 11.5 Å². The van der Waals surface area contributed by atoms with Crippen LogP contribution in [0.25, 0.3) is 11.3 Å². The van der Waals surface area contributed by atoms with Gasteiger partial charge in [-0.25, -0.2) is 0 Å². The van der Waals surface area contributed by atoms with E-state index in [1.54, 1.807) is 38.1 Å². The van der Waals surface area contributed by atoms with E-state index in [1.807, 2.05) is 42.5 Å². The minimum Gasteiger partial charge on any atom is -0.497 e. The van der Waals surface area contributed by atoms with Crippen LogP contribution in [0.2, 0.25) is 0 Å². The van der Waals surface area contributed by atoms with Crippen LogP contribution in [0.15, 0.2) is 54.6 Å². The smallest absolute Gasteiger partial charge is 0.273 e. The van der Waals surface area contributed by atoms with Crippen molar-refractivity contribution in [2.45, 2.75) is 0 Å². The van der Waals surface area contributed by atoms with Crippen molar-refractivity contribution in [3.8, 4) is 22.8 Å². The number of hydrogen-bond acceptors (Lipinski definition) is 4. The molecule has 1 amide bonds. The molecule has 2 aromatic carbocycles. The fourth-order valence-corrected chi connectivity index (χ4v) is 2.54. The molecule has 25 heavy (non-hydrogen) atoms. The highest BCUT2D eigenvalue weighted by atomic mass is 16.5. The van der Waals surface area contributed by atoms with Crippen molar-refractivity contribution >= 4 is 11.6 Å². The molecule has 1 aromatic heterocycles. The molecule has 3 rings (SSSR count). The zero-order valence-electron chi connectivity index (χ0n) is 14.3. The van der Waals surface area contributed by atoms with E-state index in [1.165, 1.54) is 0 Å². The van der Waals surface area contributed by atoms with Gasteiger partial charge in [0.15, 0.2) is 0 Å². The molecule has 0 spiro atoms. The van der Waals surface area contributed by atoms with Gasteiger partial charge in [0.25, 0.3) is 5.91 Å². The van der Waals surface area contributed by atoms with Gasteiger partial charge in [0.05, 0.1) is 19.9 Å². The van der Waals surface area contributed by atoms with Crippen LogP contribution in [-0.2, 0) is 7.05 Å². The summed E-state index contributed by atoms with van der Waals surface area (Å²) < 4.78 is 12.2. The molecular weight excluding hydrogens is 318 g/mol. The normalized spacial score (nSPS) is 10.4. The molecule has 3 aromatic rings. The van der Waals surface area contributed by atoms with Crippen LogP contribution in [-0.4, -0.2) is 29.9 Å². The average molecular weight is 337 g/mol. The summed E-state index contributed by atoms with van der Waals surface area (Å²) in [5, 5.41) is 7.30. The molecule has 0 saturated heterocycles. The van der Waals surface area contributed by atoms with Crippen molar-refractivity contribution in [1.82, 2.24) is 9.78 Å². The highest BCUT2D eigenvalue weighted by Crippen LogP contribution is 2.32. The Bertz CT molecular complexity index is 888. The van der Waals surface area contributed by atoms with Gasteiger partial charge in [-0.1, -0.05) is 18.2 Å². The third kappa shape index (κ3) is 3.47. The number of amides is 1. The number of anilines is 1. The van der Waals surface area contributed by atoms with Gasteiger partial charge in [-0.3, -0.25) is 9.48 Å². The second kappa shape index (κ2) is 7.09. The largest absolute Gasteiger partial charge is 0.497 e. The molecule has 0 aliphatic rings. The lowest BCUT2D eigenvalue weighted by molar-refractivity contribution is 0.101. The van der Waals surface area contributed by atoms with E-state index in [9.17, 15) is 4.79 Å². The number of carbonyl (C=O) groups excluding carboxylic acids is 1. The molecule has 0 unspecified atom stereocenters. The number of nitrogens with zero attached hydrogens (tertiary/aromatic N) is 2. The molecule has 0 bridgehead atoms. The summed E-state index contributed by atoms with van der Waals surface area (Å²) in [6.45, 7) is 0. The lowest BCUT2D eigenvalue weighted by atomic mass is 10.1. The Labute approximate surface area is 146 Å². The zero-order valence-corrected chi connectivity index (χ0v) is 14.3. The van der Waals surface area contributed by atoms with Gasteiger partial charge < -0.3 is 14.8 Å². The van der Waals surface area contributed by atoms with Gasteiger partial charge in [-0.05, 0) is 30.3 Å². The van der Waals surface area contributed by atoms with E-state index < -0.39 is 0 Å². The quantitative estimate of drug-likeness (QED) is 0.775. The van der Waals surface area contributed by atoms with Crippen molar-refractivity contribution in [3.63, 3.8) is 0 Å². The number of aryl methyl sites for hydroxylation is 1. The maximum Gasteiger partial charge on any atom is 0.273 e. The van der Waals surface area contributed by atoms with Crippen LogP contribution >= 0.6 is 0 Å². The van der Waals surface area contributed by atoms with Crippen LogP contribution < -0.4 is 14.8 Å². The summed E-state index contributed by atoms with van der Waals surface area (Å²) in [4.78, 5) is 12.5. The first-order valence-corrected chi connectivity index (χ1v) is 7.75. The van der Waals surface area contributed by atoms with Crippen LogP contribution in [0.3, 0.4) is 0 Å². The number of methoxy groups -OCH3 is 2. The first-order chi connectivity index (χ1) is 12.1. The first kappa shape index (κ1) is 16.6. The predicted octanol–water partition coefficient (Wildman–Crippen LogP) is 3.36. The molecule has 6 heteroatoms. The molecule has 0 radical (unpaired) electrons. The van der Waals surface area contributed by atoms with Gasteiger partial charge in [0.2, 0.25) is 0 Å². The van der Waals surface area contributed by atoms with E-state index in [0.29, 0.717) is 22.9 Å². The molecule has 0 saturated carbocycles. The van der Waals surface area contributed by atoms with Crippen molar-refractivity contribution in [2.24, 2.45) is 7.05 Å². The number of ether oxygens (including phenoxy) is 2. The maximum atomic E-state index is 12.5. The molecule has 128 valence electrons. The number of para-hydroxylation sites is 1. The zero-order chi connectivity index (χ0) is 17.8. The van der Waals surface area contributed by atoms with E-state index in [-0.39, 0.29) is 5.91 Å². The highest BCUT2D eigenvalue weighted by Gasteiger charge is 2.17. The van der Waals surface area contributed by atoms with Gasteiger partial charge in [-0.2, -0.15) is 5.10 Å². The Hall–Kier alpha value is -3.28. The van der Waals surface area contributed by atoms with E-state index >= 15 is 0 Å². The predicted molar refractivity (Wildman–Crippen MR) is 96.1 cm³/mol. The SMILES string of the molecule is COc1ccc(-c2cc(C(=O)Nc3ccccc3)n(C)n2)c(OC)c1. The van der Waals surface area contributed by atoms with Crippen molar-refractivity contribution in [2.75, 3.05) is 19.5 Å². The van der Waals surface area contributed by atoms with E-state index in [4.69, 9.17) is 9.47 Å². The molecule has 0 aliphatic heterocycles. The highest BCUT2D eigenvalue weighted by molar-refractivity contribution is 6.03. The number of rotatable bonds is 5. The minimum atomic E-state index is -0.222. The number of nitrogens with one attached hydrogen (secondary N) is 1. The third-order valence-corrected chi connectivity index (χ3v) is 3.83. The Kier molecular flexibility index (Phi) is 4.70. The van der Waals surface area contributed by atoms with Crippen molar-refractivity contribution in [1.29, 1.82) is 0 Å². The van der Waals surface area contributed by atoms with Crippen LogP contribution in [0.4, 0.5) is 5.69 Å². The van der Waals surface area contributed by atoms with Gasteiger partial charge >= 0.3 is 0 Å². The molecule has 0 fully saturated rings. The number of carbonyl (C=O) groups is 1. The fraction of sp³-hybridized carbons (Fsp3) is 0.158. The number of hydrogen-bond donors (Lipinski definition) is 1. The van der Waals surface area contributed by atoms with Gasteiger partial charge in [0.1, 0.15) is 17.2 Å². The molecular formula is C19H19N3O3. The fourth-order valence-electron chi connectivity index (χ4n) is 2.54. The standard InChI is InChI=1S/C19H19N3O3/c1-22-17(19(23)20-13-7-5-4-6-8-13)12-16(21-22)15-10-9-14(24-2)11-18(15)25-3/h4-12H,1-3H3,(H,20,23). The van der Waals surface area contributed by atoms with Crippen LogP contribution in [0.1, 0.15) is 10.5 Å². The topological polar surface area (TPSA) is 65.4 Å². The molecule has 6 nitrogen and oxygen atoms in total. The summed E-state index contributed by atoms with van der Waals surface area (Å²) in [5.74, 6) is 1.10. The molecule has 0 aliphatic carbocycles. The lowest BCUT2D eigenvalue weighted by Crippen LogP contribution is -2.15. The second-order valence-electron chi connectivity index (χ2n) is 5.42. The van der Waals surface area contributed by atoms with Crippen LogP contribution in [0, 0.1) is 0 Å². The summed E-state index contributed by atoms with van der Waals surface area (Å²) in [6, 6.07) is 16.5. The molecule has 1 N–H and O–H groups in total. The Morgan fingerprint density at radius 2 is 1.80 bits per heavy atom. The number of aromatic nitrogens is 2. The Balaban J connectivity index is 1.91. The van der Waals surface area contributed by atoms with E-state index in [0.717, 1.165) is 11.3 Å². The lowest BCUT2D eigenvalue weighted by Gasteiger charge is -2.08. The first-order valence-electron chi connectivity index (χ1n) is 7.75. The minimum absolute atomic E-state index is 0.222. The summed E-state index contributed by atoms with van der Waals surface area (Å²) in [6.07, 6.45) is 0. The van der Waals surface area contributed by atoms with E-state index in [2.05, 4.69) is 10.4 Å². The van der Waals surface area contributed by atoms with Crippen molar-refractivity contribution in [3.05, 3.63) is 60.3 Å². The Morgan fingerprint density at radius 1 is 1.04 bits per heavy atom. The summed E-state index contributed by atoms with van der Waals surface area (Å²) >= 11 is 0. The van der Waals surface area contributed by atoms with Gasteiger partial charge in [-0.15, -0.1) is 0 Å². The molecule has 0 atom stereocenters. The Morgan fingerprint density at radius 3 is 2.48 bits per heavy atom. The summed E-state index contributed by atoms with van der Waals surface area (Å²) in [7, 11) is 4.92. The molecule has 1 heterocycles. The average Bonchev–Trinajstić information content (AvgIpc) is 3.03. The monoisotopic (exact) mass is 337 g/mol. The second-order valence-corrected chi connectivity index (χ2v) is 5.42. The van der Waals surface area contributed by atoms with Crippen molar-refractivity contribution < 1.29 is 14.3 Å². The third-order valence-electron chi connectivity index (χ3n) is 3.83. The maximum absolute atomic E-state index is 12.5. The summed E-state index contributed by atoms with van der Waals surface area (Å²) in [5.41, 5.74) is 2.63.